The molecule has 0 fully saturated rings. The van der Waals surface area contributed by atoms with Crippen molar-refractivity contribution in [2.24, 2.45) is 0 Å². The van der Waals surface area contributed by atoms with Crippen molar-refractivity contribution in [3.05, 3.63) is 53.4 Å². The molecule has 0 unspecified atom stereocenters. The SMILES string of the molecule is Cc1nc(CSc2cccc(F)c2)ncc1C(=O)O. The number of nitrogens with zero attached hydrogens (tertiary/aromatic N) is 2. The largest absolute Gasteiger partial charge is 0.478 e. The van der Waals surface area contributed by atoms with Gasteiger partial charge in [-0.2, -0.15) is 0 Å². The van der Waals surface area contributed by atoms with E-state index in [1.54, 1.807) is 19.1 Å². The van der Waals surface area contributed by atoms with Crippen molar-refractivity contribution in [1.82, 2.24) is 9.97 Å². The highest BCUT2D eigenvalue weighted by Crippen LogP contribution is 2.22. The molecular weight excluding hydrogens is 267 g/mol. The second kappa shape index (κ2) is 5.79. The van der Waals surface area contributed by atoms with Crippen molar-refractivity contribution in [2.45, 2.75) is 17.6 Å². The average Bonchev–Trinajstić information content (AvgIpc) is 2.36. The number of thioether (sulfide) groups is 1. The fourth-order valence-corrected chi connectivity index (χ4v) is 2.30. The Morgan fingerprint density at radius 1 is 1.47 bits per heavy atom. The van der Waals surface area contributed by atoms with Gasteiger partial charge in [0.15, 0.2) is 0 Å². The molecule has 1 N–H and O–H groups in total. The second-order valence-corrected chi connectivity index (χ2v) is 4.89. The monoisotopic (exact) mass is 278 g/mol. The number of benzene rings is 1. The lowest BCUT2D eigenvalue weighted by Gasteiger charge is -2.04. The van der Waals surface area contributed by atoms with Crippen LogP contribution in [-0.2, 0) is 5.75 Å². The van der Waals surface area contributed by atoms with Gasteiger partial charge in [-0.1, -0.05) is 6.07 Å². The Hall–Kier alpha value is -1.95. The van der Waals surface area contributed by atoms with Gasteiger partial charge in [-0.05, 0) is 25.1 Å². The lowest BCUT2D eigenvalue weighted by atomic mass is 10.2. The fraction of sp³-hybridized carbons (Fsp3) is 0.154. The van der Waals surface area contributed by atoms with Crippen LogP contribution in [0.3, 0.4) is 0 Å². The number of carboxylic acids is 1. The summed E-state index contributed by atoms with van der Waals surface area (Å²) in [5.41, 5.74) is 0.525. The molecule has 6 heteroatoms. The van der Waals surface area contributed by atoms with Crippen LogP contribution >= 0.6 is 11.8 Å². The Labute approximate surface area is 113 Å². The van der Waals surface area contributed by atoms with Gasteiger partial charge < -0.3 is 5.11 Å². The molecule has 2 rings (SSSR count). The minimum atomic E-state index is -1.04. The molecule has 0 amide bonds. The lowest BCUT2D eigenvalue weighted by molar-refractivity contribution is 0.0695. The minimum Gasteiger partial charge on any atom is -0.478 e. The molecule has 1 aromatic carbocycles. The molecule has 98 valence electrons. The van der Waals surface area contributed by atoms with Crippen molar-refractivity contribution >= 4 is 17.7 Å². The van der Waals surface area contributed by atoms with E-state index in [0.717, 1.165) is 4.90 Å². The first kappa shape index (κ1) is 13.5. The number of aryl methyl sites for hydroxylation is 1. The number of carbonyl (C=O) groups is 1. The quantitative estimate of drug-likeness (QED) is 0.871. The normalized spacial score (nSPS) is 10.4. The van der Waals surface area contributed by atoms with Gasteiger partial charge in [0.1, 0.15) is 11.6 Å². The van der Waals surface area contributed by atoms with Crippen molar-refractivity contribution < 1.29 is 14.3 Å². The first-order valence-corrected chi connectivity index (χ1v) is 6.49. The van der Waals surface area contributed by atoms with Crippen LogP contribution in [0.1, 0.15) is 21.9 Å². The van der Waals surface area contributed by atoms with Gasteiger partial charge in [-0.15, -0.1) is 11.8 Å². The highest BCUT2D eigenvalue weighted by atomic mass is 32.2. The molecule has 0 bridgehead atoms. The predicted molar refractivity (Wildman–Crippen MR) is 69.7 cm³/mol. The van der Waals surface area contributed by atoms with E-state index in [-0.39, 0.29) is 11.4 Å². The molecule has 0 spiro atoms. The van der Waals surface area contributed by atoms with Crippen LogP contribution in [0, 0.1) is 12.7 Å². The maximum absolute atomic E-state index is 13.0. The summed E-state index contributed by atoms with van der Waals surface area (Å²) in [6, 6.07) is 6.25. The number of aromatic carboxylic acids is 1. The van der Waals surface area contributed by atoms with Gasteiger partial charge in [0, 0.05) is 11.1 Å². The molecule has 4 nitrogen and oxygen atoms in total. The van der Waals surface area contributed by atoms with E-state index in [4.69, 9.17) is 5.11 Å². The van der Waals surface area contributed by atoms with Crippen LogP contribution in [0.2, 0.25) is 0 Å². The maximum atomic E-state index is 13.0. The van der Waals surface area contributed by atoms with Crippen LogP contribution in [0.25, 0.3) is 0 Å². The molecule has 0 aliphatic heterocycles. The smallest absolute Gasteiger partial charge is 0.339 e. The van der Waals surface area contributed by atoms with Gasteiger partial charge in [0.2, 0.25) is 0 Å². The van der Waals surface area contributed by atoms with Gasteiger partial charge in [0.05, 0.1) is 17.0 Å². The van der Waals surface area contributed by atoms with E-state index >= 15 is 0 Å². The summed E-state index contributed by atoms with van der Waals surface area (Å²) in [6.07, 6.45) is 1.30. The summed E-state index contributed by atoms with van der Waals surface area (Å²) in [6.45, 7) is 1.63. The van der Waals surface area contributed by atoms with Crippen LogP contribution in [0.5, 0.6) is 0 Å². The predicted octanol–water partition coefficient (Wildman–Crippen LogP) is 2.91. The van der Waals surface area contributed by atoms with Crippen LogP contribution in [0.15, 0.2) is 35.4 Å². The standard InChI is InChI=1S/C13H11FN2O2S/c1-8-11(13(17)18)6-15-12(16-8)7-19-10-4-2-3-9(14)5-10/h2-6H,7H2,1H3,(H,17,18). The highest BCUT2D eigenvalue weighted by molar-refractivity contribution is 7.98. The van der Waals surface area contributed by atoms with Crippen molar-refractivity contribution in [2.75, 3.05) is 0 Å². The van der Waals surface area contributed by atoms with Gasteiger partial charge in [-0.25, -0.2) is 19.2 Å². The van der Waals surface area contributed by atoms with E-state index < -0.39 is 5.97 Å². The zero-order chi connectivity index (χ0) is 13.8. The summed E-state index contributed by atoms with van der Waals surface area (Å²) < 4.78 is 13.0. The van der Waals surface area contributed by atoms with Crippen molar-refractivity contribution in [1.29, 1.82) is 0 Å². The first-order chi connectivity index (χ1) is 9.06. The van der Waals surface area contributed by atoms with Crippen LogP contribution < -0.4 is 0 Å². The Balaban J connectivity index is 2.08. The molecule has 19 heavy (non-hydrogen) atoms. The third-order valence-electron chi connectivity index (χ3n) is 2.42. The molecule has 0 radical (unpaired) electrons. The molecule has 2 aromatic rings. The Kier molecular flexibility index (Phi) is 4.11. The van der Waals surface area contributed by atoms with Gasteiger partial charge in [0.25, 0.3) is 0 Å². The zero-order valence-electron chi connectivity index (χ0n) is 10.1. The molecule has 0 saturated heterocycles. The highest BCUT2D eigenvalue weighted by Gasteiger charge is 2.10. The molecular formula is C13H11FN2O2S. The summed E-state index contributed by atoms with van der Waals surface area (Å²) in [5, 5.41) is 8.87. The number of rotatable bonds is 4. The zero-order valence-corrected chi connectivity index (χ0v) is 10.9. The summed E-state index contributed by atoms with van der Waals surface area (Å²) in [5.74, 6) is -0.341. The summed E-state index contributed by atoms with van der Waals surface area (Å²) in [4.78, 5) is 19.7. The third-order valence-corrected chi connectivity index (χ3v) is 3.41. The van der Waals surface area contributed by atoms with Crippen molar-refractivity contribution in [3.8, 4) is 0 Å². The average molecular weight is 278 g/mol. The van der Waals surface area contributed by atoms with E-state index in [9.17, 15) is 9.18 Å². The van der Waals surface area contributed by atoms with E-state index in [0.29, 0.717) is 17.3 Å². The molecule has 1 aromatic heterocycles. The van der Waals surface area contributed by atoms with Gasteiger partial charge in [-0.3, -0.25) is 0 Å². The van der Waals surface area contributed by atoms with E-state index in [2.05, 4.69) is 9.97 Å². The third kappa shape index (κ3) is 3.51. The number of hydrogen-bond donors (Lipinski definition) is 1. The lowest BCUT2D eigenvalue weighted by Crippen LogP contribution is -2.05. The Morgan fingerprint density at radius 3 is 2.89 bits per heavy atom. The van der Waals surface area contributed by atoms with Gasteiger partial charge >= 0.3 is 5.97 Å². The van der Waals surface area contributed by atoms with Crippen LogP contribution in [-0.4, -0.2) is 21.0 Å². The fourth-order valence-electron chi connectivity index (χ4n) is 1.50. The molecule has 0 saturated carbocycles. The number of aromatic nitrogens is 2. The van der Waals surface area contributed by atoms with Crippen molar-refractivity contribution in [3.63, 3.8) is 0 Å². The number of carboxylic acid groups (broad SMARTS) is 1. The molecule has 0 aliphatic rings. The maximum Gasteiger partial charge on any atom is 0.339 e. The summed E-state index contributed by atoms with van der Waals surface area (Å²) >= 11 is 1.40. The molecule has 1 heterocycles. The Morgan fingerprint density at radius 2 is 2.26 bits per heavy atom. The first-order valence-electron chi connectivity index (χ1n) is 5.50. The van der Waals surface area contributed by atoms with E-state index in [1.165, 1.54) is 30.1 Å². The number of hydrogen-bond acceptors (Lipinski definition) is 4. The summed E-state index contributed by atoms with van der Waals surface area (Å²) in [7, 11) is 0. The Bertz CT molecular complexity index is 619. The molecule has 0 atom stereocenters. The van der Waals surface area contributed by atoms with Crippen LogP contribution in [0.4, 0.5) is 4.39 Å². The molecule has 0 aliphatic carbocycles. The van der Waals surface area contributed by atoms with E-state index in [1.807, 2.05) is 0 Å². The second-order valence-electron chi connectivity index (χ2n) is 3.84. The topological polar surface area (TPSA) is 63.1 Å². The minimum absolute atomic E-state index is 0.0968. The number of halogens is 1.